The molecule has 1 aliphatic rings. The normalized spacial score (nSPS) is 18.1. The highest BCUT2D eigenvalue weighted by atomic mass is 16.2. The minimum Gasteiger partial charge on any atom is -0.342 e. The molecular formula is C19H25N3O. The number of aryl methyl sites for hydroxylation is 2. The molecule has 1 saturated heterocycles. The molecule has 1 amide bonds. The third-order valence-corrected chi connectivity index (χ3v) is 4.81. The summed E-state index contributed by atoms with van der Waals surface area (Å²) in [7, 11) is 0. The monoisotopic (exact) mass is 311 g/mol. The summed E-state index contributed by atoms with van der Waals surface area (Å²) in [6, 6.07) is 8.57. The number of H-pyrrole nitrogens is 1. The Morgan fingerprint density at radius 2 is 2.26 bits per heavy atom. The maximum Gasteiger partial charge on any atom is 0.222 e. The summed E-state index contributed by atoms with van der Waals surface area (Å²) in [5, 5.41) is 6.76. The lowest BCUT2D eigenvalue weighted by atomic mass is 9.88. The van der Waals surface area contributed by atoms with Gasteiger partial charge in [-0.25, -0.2) is 0 Å². The van der Waals surface area contributed by atoms with Gasteiger partial charge in [-0.3, -0.25) is 9.89 Å². The van der Waals surface area contributed by atoms with Crippen LogP contribution in [-0.2, 0) is 11.2 Å². The van der Waals surface area contributed by atoms with Gasteiger partial charge in [0.2, 0.25) is 5.91 Å². The van der Waals surface area contributed by atoms with Crippen LogP contribution < -0.4 is 0 Å². The van der Waals surface area contributed by atoms with Crippen molar-refractivity contribution in [3.8, 4) is 0 Å². The minimum atomic E-state index is 0.298. The predicted molar refractivity (Wildman–Crippen MR) is 91.3 cm³/mol. The van der Waals surface area contributed by atoms with Crippen LogP contribution >= 0.6 is 0 Å². The molecule has 0 aliphatic carbocycles. The van der Waals surface area contributed by atoms with Gasteiger partial charge in [0.05, 0.1) is 6.20 Å². The van der Waals surface area contributed by atoms with E-state index in [0.717, 1.165) is 32.4 Å². The molecular weight excluding hydrogens is 286 g/mol. The summed E-state index contributed by atoms with van der Waals surface area (Å²) < 4.78 is 0. The molecule has 2 aromatic rings. The van der Waals surface area contributed by atoms with Gasteiger partial charge in [-0.05, 0) is 49.3 Å². The van der Waals surface area contributed by atoms with E-state index in [0.29, 0.717) is 18.2 Å². The number of carbonyl (C=O) groups excluding carboxylic acids is 1. The van der Waals surface area contributed by atoms with Crippen molar-refractivity contribution in [2.75, 3.05) is 13.1 Å². The Hall–Kier alpha value is -2.10. The second-order valence-corrected chi connectivity index (χ2v) is 6.50. The van der Waals surface area contributed by atoms with Crippen molar-refractivity contribution in [2.24, 2.45) is 0 Å². The van der Waals surface area contributed by atoms with Crippen LogP contribution in [0.25, 0.3) is 0 Å². The van der Waals surface area contributed by atoms with E-state index in [9.17, 15) is 4.79 Å². The number of nitrogens with zero attached hydrogens (tertiary/aromatic N) is 2. The smallest absolute Gasteiger partial charge is 0.222 e. The van der Waals surface area contributed by atoms with Crippen molar-refractivity contribution in [1.82, 2.24) is 15.1 Å². The molecule has 4 heteroatoms. The quantitative estimate of drug-likeness (QED) is 0.919. The maximum absolute atomic E-state index is 12.5. The molecule has 0 unspecified atom stereocenters. The number of carbonyl (C=O) groups is 1. The molecule has 0 radical (unpaired) electrons. The lowest BCUT2D eigenvalue weighted by molar-refractivity contribution is -0.132. The van der Waals surface area contributed by atoms with E-state index in [4.69, 9.17) is 0 Å². The van der Waals surface area contributed by atoms with Crippen LogP contribution in [0.3, 0.4) is 0 Å². The summed E-state index contributed by atoms with van der Waals surface area (Å²) in [4.78, 5) is 14.6. The van der Waals surface area contributed by atoms with Crippen molar-refractivity contribution < 1.29 is 4.79 Å². The third kappa shape index (κ3) is 4.01. The van der Waals surface area contributed by atoms with Crippen LogP contribution in [0.5, 0.6) is 0 Å². The predicted octanol–water partition coefficient (Wildman–Crippen LogP) is 3.45. The van der Waals surface area contributed by atoms with Crippen molar-refractivity contribution in [1.29, 1.82) is 0 Å². The number of hydrogen-bond acceptors (Lipinski definition) is 2. The topological polar surface area (TPSA) is 49.0 Å². The largest absolute Gasteiger partial charge is 0.342 e. The van der Waals surface area contributed by atoms with Gasteiger partial charge in [-0.2, -0.15) is 5.10 Å². The van der Waals surface area contributed by atoms with Gasteiger partial charge in [-0.15, -0.1) is 0 Å². The Bertz CT molecular complexity index is 636. The molecule has 3 rings (SSSR count). The molecule has 1 aliphatic heterocycles. The summed E-state index contributed by atoms with van der Waals surface area (Å²) in [6.07, 6.45) is 8.46. The van der Waals surface area contributed by atoms with Gasteiger partial charge in [0, 0.05) is 31.6 Å². The van der Waals surface area contributed by atoms with Gasteiger partial charge in [0.15, 0.2) is 0 Å². The lowest BCUT2D eigenvalue weighted by Crippen LogP contribution is -2.39. The molecule has 4 nitrogen and oxygen atoms in total. The minimum absolute atomic E-state index is 0.298. The zero-order chi connectivity index (χ0) is 16.1. The Morgan fingerprint density at radius 3 is 3.04 bits per heavy atom. The molecule has 1 N–H and O–H groups in total. The fourth-order valence-corrected chi connectivity index (χ4v) is 3.52. The number of amides is 1. The highest BCUT2D eigenvalue weighted by molar-refractivity contribution is 5.76. The van der Waals surface area contributed by atoms with Crippen molar-refractivity contribution in [2.45, 2.75) is 44.9 Å². The van der Waals surface area contributed by atoms with E-state index >= 15 is 0 Å². The Labute approximate surface area is 137 Å². The third-order valence-electron chi connectivity index (χ3n) is 4.81. The lowest BCUT2D eigenvalue weighted by Gasteiger charge is -2.33. The highest BCUT2D eigenvalue weighted by Crippen LogP contribution is 2.29. The number of rotatable bonds is 5. The highest BCUT2D eigenvalue weighted by Gasteiger charge is 2.25. The van der Waals surface area contributed by atoms with Crippen LogP contribution in [0.1, 0.15) is 48.3 Å². The zero-order valence-electron chi connectivity index (χ0n) is 13.8. The maximum atomic E-state index is 12.5. The first-order chi connectivity index (χ1) is 11.2. The van der Waals surface area contributed by atoms with E-state index in [2.05, 4.69) is 46.3 Å². The number of hydrogen-bond donors (Lipinski definition) is 1. The second-order valence-electron chi connectivity index (χ2n) is 6.50. The van der Waals surface area contributed by atoms with Crippen molar-refractivity contribution in [3.05, 3.63) is 53.3 Å². The number of likely N-dealkylation sites (tertiary alicyclic amines) is 1. The van der Waals surface area contributed by atoms with E-state index < -0.39 is 0 Å². The van der Waals surface area contributed by atoms with Crippen LogP contribution in [0.2, 0.25) is 0 Å². The van der Waals surface area contributed by atoms with Gasteiger partial charge in [0.25, 0.3) is 0 Å². The molecule has 1 aromatic carbocycles. The number of nitrogens with one attached hydrogen (secondary N) is 1. The molecule has 0 spiro atoms. The number of aromatic nitrogens is 2. The van der Waals surface area contributed by atoms with Gasteiger partial charge >= 0.3 is 0 Å². The molecule has 1 aromatic heterocycles. The van der Waals surface area contributed by atoms with E-state index in [1.165, 1.54) is 23.1 Å². The Balaban J connectivity index is 1.53. The van der Waals surface area contributed by atoms with Crippen molar-refractivity contribution >= 4 is 5.91 Å². The van der Waals surface area contributed by atoms with Gasteiger partial charge < -0.3 is 4.90 Å². The van der Waals surface area contributed by atoms with Gasteiger partial charge in [-0.1, -0.05) is 24.3 Å². The van der Waals surface area contributed by atoms with Crippen LogP contribution in [0.4, 0.5) is 0 Å². The van der Waals surface area contributed by atoms with E-state index in [1.807, 2.05) is 12.4 Å². The summed E-state index contributed by atoms with van der Waals surface area (Å²) in [5.41, 5.74) is 3.92. The van der Waals surface area contributed by atoms with E-state index in [-0.39, 0.29) is 0 Å². The molecule has 1 fully saturated rings. The second kappa shape index (κ2) is 7.44. The van der Waals surface area contributed by atoms with Crippen LogP contribution in [0, 0.1) is 6.92 Å². The van der Waals surface area contributed by atoms with Crippen LogP contribution in [0.15, 0.2) is 36.7 Å². The fourth-order valence-electron chi connectivity index (χ4n) is 3.52. The summed E-state index contributed by atoms with van der Waals surface area (Å²) >= 11 is 0. The fraction of sp³-hybridized carbons (Fsp3) is 0.474. The first-order valence-electron chi connectivity index (χ1n) is 8.55. The molecule has 1 atom stereocenters. The number of aromatic amines is 1. The van der Waals surface area contributed by atoms with Crippen LogP contribution in [-0.4, -0.2) is 34.1 Å². The molecule has 0 bridgehead atoms. The first kappa shape index (κ1) is 15.8. The molecule has 2 heterocycles. The summed E-state index contributed by atoms with van der Waals surface area (Å²) in [5.74, 6) is 0.787. The zero-order valence-corrected chi connectivity index (χ0v) is 13.8. The molecule has 23 heavy (non-hydrogen) atoms. The van der Waals surface area contributed by atoms with Crippen molar-refractivity contribution in [3.63, 3.8) is 0 Å². The average molecular weight is 311 g/mol. The Morgan fingerprint density at radius 1 is 1.39 bits per heavy atom. The van der Waals surface area contributed by atoms with Gasteiger partial charge in [0.1, 0.15) is 0 Å². The standard InChI is InChI=1S/C19H25N3O/c1-15-6-2-3-9-18(15)17-8-5-11-22(14-17)19(23)10-4-7-16-12-20-21-13-16/h2-3,6,9,12-13,17H,4-5,7-8,10-11,14H2,1H3,(H,20,21)/t17-/m1/s1. The first-order valence-corrected chi connectivity index (χ1v) is 8.55. The average Bonchev–Trinajstić information content (AvgIpc) is 3.09. The SMILES string of the molecule is Cc1ccccc1[C@@H]1CCCN(C(=O)CCCc2cn[nH]c2)C1. The number of benzene rings is 1. The Kier molecular flexibility index (Phi) is 5.11. The molecule has 0 saturated carbocycles. The van der Waals surface area contributed by atoms with E-state index in [1.54, 1.807) is 0 Å². The summed E-state index contributed by atoms with van der Waals surface area (Å²) in [6.45, 7) is 3.95. The number of piperidine rings is 1. The molecule has 122 valence electrons.